The molecule has 1 radical (unpaired) electrons. The van der Waals surface area contributed by atoms with E-state index in [1.807, 2.05) is 26.0 Å². The first kappa shape index (κ1) is 15.6. The molecule has 0 fully saturated rings. The first-order valence-electron chi connectivity index (χ1n) is 4.52. The Bertz CT molecular complexity index is 194. The zero-order valence-corrected chi connectivity index (χ0v) is 11.5. The van der Waals surface area contributed by atoms with E-state index in [4.69, 9.17) is 5.11 Å². The number of benzene rings is 1. The minimum atomic E-state index is 0. The molecule has 0 aliphatic carbocycles. The third-order valence-corrected chi connectivity index (χ3v) is 1.40. The van der Waals surface area contributed by atoms with Crippen LogP contribution in [0.25, 0.3) is 0 Å². The number of aromatic hydroxyl groups is 1. The van der Waals surface area contributed by atoms with Gasteiger partial charge in [0.05, 0.1) is 0 Å². The Morgan fingerprint density at radius 3 is 2.31 bits per heavy atom. The molecule has 0 aliphatic heterocycles. The maximum absolute atomic E-state index is 8.87. The van der Waals surface area contributed by atoms with Crippen LogP contribution in [-0.2, 0) is 39.1 Å². The fourth-order valence-electron chi connectivity index (χ4n) is 0.893. The summed E-state index contributed by atoms with van der Waals surface area (Å²) in [6.45, 7) is 6.13. The van der Waals surface area contributed by atoms with Gasteiger partial charge in [-0.2, -0.15) is 17.7 Å². The molecule has 1 N–H and O–H groups in total. The molecular formula is C11H17OY-. The topological polar surface area (TPSA) is 20.2 Å². The van der Waals surface area contributed by atoms with Gasteiger partial charge >= 0.3 is 0 Å². The molecule has 13 heavy (non-hydrogen) atoms. The number of hydrogen-bond acceptors (Lipinski definition) is 1. The van der Waals surface area contributed by atoms with Crippen molar-refractivity contribution in [2.24, 2.45) is 0 Å². The van der Waals surface area contributed by atoms with E-state index in [2.05, 4.69) is 13.0 Å². The predicted octanol–water partition coefficient (Wildman–Crippen LogP) is 3.17. The summed E-state index contributed by atoms with van der Waals surface area (Å²) >= 11 is 0. The van der Waals surface area contributed by atoms with Crippen LogP contribution in [0.3, 0.4) is 0 Å². The van der Waals surface area contributed by atoms with Gasteiger partial charge in [-0.15, -0.1) is 12.1 Å². The minimum absolute atomic E-state index is 0. The first-order chi connectivity index (χ1) is 5.83. The second-order valence-corrected chi connectivity index (χ2v) is 2.33. The molecule has 71 valence electrons. The Labute approximate surface area is 106 Å². The van der Waals surface area contributed by atoms with Crippen molar-refractivity contribution in [1.82, 2.24) is 0 Å². The summed E-state index contributed by atoms with van der Waals surface area (Å²) in [7, 11) is 0. The normalized spacial score (nSPS) is 7.92. The van der Waals surface area contributed by atoms with Gasteiger partial charge in [0, 0.05) is 38.5 Å². The Morgan fingerprint density at radius 1 is 1.31 bits per heavy atom. The maximum Gasteiger partial charge on any atom is 0.00399 e. The molecular weight excluding hydrogens is 237 g/mol. The van der Waals surface area contributed by atoms with E-state index in [-0.39, 0.29) is 38.5 Å². The van der Waals surface area contributed by atoms with Crippen molar-refractivity contribution < 1.29 is 37.8 Å². The summed E-state index contributed by atoms with van der Waals surface area (Å²) in [6, 6.07) is 8.17. The largest absolute Gasteiger partial charge is 0.534 e. The van der Waals surface area contributed by atoms with Gasteiger partial charge < -0.3 is 5.11 Å². The number of hydrogen-bond donors (Lipinski definition) is 1. The SMILES string of the molecule is CC.CCCc1c[c-]c(O)cc1.[Y]. The molecule has 0 saturated carbocycles. The van der Waals surface area contributed by atoms with E-state index in [1.165, 1.54) is 5.56 Å². The van der Waals surface area contributed by atoms with Gasteiger partial charge in [-0.3, -0.25) is 0 Å². The molecule has 0 aromatic heterocycles. The number of phenols is 1. The zero-order valence-electron chi connectivity index (χ0n) is 8.67. The zero-order chi connectivity index (χ0) is 9.40. The third kappa shape index (κ3) is 7.21. The third-order valence-electron chi connectivity index (χ3n) is 1.40. The smallest absolute Gasteiger partial charge is 0.00399 e. The van der Waals surface area contributed by atoms with E-state index >= 15 is 0 Å². The standard InChI is InChI=1S/C9H11O.C2H6.Y/c1-2-3-8-4-6-9(10)7-5-8;1-2;/h4-6,10H,2-3H2,1H3;1-2H3;/q-1;;. The van der Waals surface area contributed by atoms with E-state index in [1.54, 1.807) is 6.07 Å². The van der Waals surface area contributed by atoms with Crippen LogP contribution in [0.1, 0.15) is 32.8 Å². The van der Waals surface area contributed by atoms with Crippen LogP contribution >= 0.6 is 0 Å². The Morgan fingerprint density at radius 2 is 1.92 bits per heavy atom. The van der Waals surface area contributed by atoms with Gasteiger partial charge in [-0.05, 0) is 0 Å². The van der Waals surface area contributed by atoms with Crippen molar-refractivity contribution in [3.63, 3.8) is 0 Å². The molecule has 1 nitrogen and oxygen atoms in total. The van der Waals surface area contributed by atoms with E-state index < -0.39 is 0 Å². The van der Waals surface area contributed by atoms with Crippen LogP contribution in [0.4, 0.5) is 0 Å². The van der Waals surface area contributed by atoms with Gasteiger partial charge in [0.15, 0.2) is 0 Å². The molecule has 0 amide bonds. The van der Waals surface area contributed by atoms with Crippen LogP contribution < -0.4 is 0 Å². The van der Waals surface area contributed by atoms with Gasteiger partial charge in [-0.25, -0.2) is 0 Å². The van der Waals surface area contributed by atoms with E-state index in [9.17, 15) is 0 Å². The van der Waals surface area contributed by atoms with Crippen molar-refractivity contribution in [3.05, 3.63) is 29.8 Å². The van der Waals surface area contributed by atoms with E-state index in [0.29, 0.717) is 0 Å². The molecule has 0 unspecified atom stereocenters. The van der Waals surface area contributed by atoms with Crippen LogP contribution in [0, 0.1) is 6.07 Å². The molecule has 0 spiro atoms. The molecule has 0 atom stereocenters. The van der Waals surface area contributed by atoms with Gasteiger partial charge in [0.25, 0.3) is 0 Å². The van der Waals surface area contributed by atoms with Crippen LogP contribution in [0.15, 0.2) is 18.2 Å². The van der Waals surface area contributed by atoms with Gasteiger partial charge in [0.2, 0.25) is 0 Å². The van der Waals surface area contributed by atoms with E-state index in [0.717, 1.165) is 12.8 Å². The Hall–Kier alpha value is 0.124. The summed E-state index contributed by atoms with van der Waals surface area (Å²) in [5.41, 5.74) is 1.24. The van der Waals surface area contributed by atoms with Gasteiger partial charge in [0.1, 0.15) is 0 Å². The number of phenolic OH excluding ortho intramolecular Hbond substituents is 1. The molecule has 0 aliphatic rings. The number of aryl methyl sites for hydroxylation is 1. The maximum atomic E-state index is 8.87. The minimum Gasteiger partial charge on any atom is -0.534 e. The first-order valence-corrected chi connectivity index (χ1v) is 4.52. The van der Waals surface area contributed by atoms with Crippen molar-refractivity contribution in [2.75, 3.05) is 0 Å². The molecule has 2 heteroatoms. The number of rotatable bonds is 2. The fraction of sp³-hybridized carbons (Fsp3) is 0.455. The van der Waals surface area contributed by atoms with Crippen molar-refractivity contribution in [1.29, 1.82) is 0 Å². The average Bonchev–Trinajstić information content (AvgIpc) is 2.13. The van der Waals surface area contributed by atoms with Crippen LogP contribution in [0.2, 0.25) is 0 Å². The molecule has 1 rings (SSSR count). The summed E-state index contributed by atoms with van der Waals surface area (Å²) < 4.78 is 0. The average molecular weight is 254 g/mol. The Balaban J connectivity index is 0. The molecule has 0 heterocycles. The van der Waals surface area contributed by atoms with Crippen molar-refractivity contribution in [2.45, 2.75) is 33.6 Å². The summed E-state index contributed by atoms with van der Waals surface area (Å²) in [6.07, 6.45) is 2.20. The second kappa shape index (κ2) is 10.2. The van der Waals surface area contributed by atoms with Crippen molar-refractivity contribution >= 4 is 0 Å². The fourth-order valence-corrected chi connectivity index (χ4v) is 0.893. The monoisotopic (exact) mass is 254 g/mol. The van der Waals surface area contributed by atoms with Crippen LogP contribution in [-0.4, -0.2) is 5.11 Å². The Kier molecular flexibility index (Phi) is 12.2. The van der Waals surface area contributed by atoms with Crippen molar-refractivity contribution in [3.8, 4) is 5.75 Å². The molecule has 0 saturated heterocycles. The quantitative estimate of drug-likeness (QED) is 0.804. The van der Waals surface area contributed by atoms with Gasteiger partial charge in [-0.1, -0.05) is 33.6 Å². The summed E-state index contributed by atoms with van der Waals surface area (Å²) in [5.74, 6) is 0.222. The summed E-state index contributed by atoms with van der Waals surface area (Å²) in [5, 5.41) is 8.87. The second-order valence-electron chi connectivity index (χ2n) is 2.33. The predicted molar refractivity (Wildman–Crippen MR) is 52.3 cm³/mol. The molecule has 0 bridgehead atoms. The summed E-state index contributed by atoms with van der Waals surface area (Å²) in [4.78, 5) is 0. The van der Waals surface area contributed by atoms with Crippen LogP contribution in [0.5, 0.6) is 5.75 Å². The molecule has 1 aromatic carbocycles. The molecule has 1 aromatic rings.